The third-order valence-corrected chi connectivity index (χ3v) is 4.93. The lowest BCUT2D eigenvalue weighted by Gasteiger charge is -2.14. The fourth-order valence-corrected chi connectivity index (χ4v) is 3.17. The molecule has 3 aromatic rings. The first-order chi connectivity index (χ1) is 16.5. The van der Waals surface area contributed by atoms with Crippen LogP contribution in [0.25, 0.3) is 6.08 Å². The van der Waals surface area contributed by atoms with E-state index in [2.05, 4.69) is 10.6 Å². The zero-order chi connectivity index (χ0) is 24.3. The summed E-state index contributed by atoms with van der Waals surface area (Å²) < 4.78 is 11.0. The molecule has 3 rings (SSSR count). The van der Waals surface area contributed by atoms with Crippen LogP contribution in [0.1, 0.15) is 24.1 Å². The lowest BCUT2D eigenvalue weighted by Crippen LogP contribution is -2.27. The third-order valence-electron chi connectivity index (χ3n) is 4.93. The molecular weight excluding hydrogens is 430 g/mol. The Bertz CT molecular complexity index is 1200. The van der Waals surface area contributed by atoms with Gasteiger partial charge in [0.2, 0.25) is 0 Å². The van der Waals surface area contributed by atoms with E-state index in [9.17, 15) is 14.9 Å². The first-order valence-corrected chi connectivity index (χ1v) is 10.6. The summed E-state index contributed by atoms with van der Waals surface area (Å²) in [5, 5.41) is 15.1. The molecule has 0 fully saturated rings. The van der Waals surface area contributed by atoms with Crippen LogP contribution in [0.5, 0.6) is 11.5 Å². The number of nitriles is 1. The molecule has 1 atom stereocenters. The van der Waals surface area contributed by atoms with Gasteiger partial charge >= 0.3 is 0 Å². The average Bonchev–Trinajstić information content (AvgIpc) is 2.87. The summed E-state index contributed by atoms with van der Waals surface area (Å²) in [4.78, 5) is 24.7. The number of nitrogens with one attached hydrogen (secondary N) is 2. The van der Waals surface area contributed by atoms with E-state index in [0.717, 1.165) is 5.56 Å². The fraction of sp³-hybridized carbons (Fsp3) is 0.148. The van der Waals surface area contributed by atoms with Gasteiger partial charge in [-0.05, 0) is 48.4 Å². The van der Waals surface area contributed by atoms with E-state index >= 15 is 0 Å². The fourth-order valence-electron chi connectivity index (χ4n) is 3.17. The molecule has 0 heterocycles. The van der Waals surface area contributed by atoms with E-state index in [0.29, 0.717) is 22.7 Å². The highest BCUT2D eigenvalue weighted by Gasteiger charge is 2.15. The van der Waals surface area contributed by atoms with Crippen molar-refractivity contribution in [3.63, 3.8) is 0 Å². The predicted molar refractivity (Wildman–Crippen MR) is 130 cm³/mol. The van der Waals surface area contributed by atoms with Gasteiger partial charge in [-0.25, -0.2) is 0 Å². The van der Waals surface area contributed by atoms with E-state index in [4.69, 9.17) is 9.47 Å². The van der Waals surface area contributed by atoms with Crippen LogP contribution >= 0.6 is 0 Å². The van der Waals surface area contributed by atoms with E-state index < -0.39 is 5.91 Å². The van der Waals surface area contributed by atoms with Crippen molar-refractivity contribution in [3.8, 4) is 17.6 Å². The number of methoxy groups -OCH3 is 1. The van der Waals surface area contributed by atoms with Crippen molar-refractivity contribution in [2.75, 3.05) is 19.0 Å². The third kappa shape index (κ3) is 6.71. The maximum absolute atomic E-state index is 12.6. The predicted octanol–water partition coefficient (Wildman–Crippen LogP) is 4.50. The lowest BCUT2D eigenvalue weighted by molar-refractivity contribution is -0.118. The normalized spacial score (nSPS) is 11.6. The Morgan fingerprint density at radius 1 is 1.00 bits per heavy atom. The molecule has 0 radical (unpaired) electrons. The standard InChI is InChI=1S/C27H25N3O4/c1-19(21-9-5-3-6-10-21)29-27(32)22(17-28)15-20-13-14-24(25(16-20)33-2)34-18-26(31)30-23-11-7-4-8-12-23/h3-16,19H,18H2,1-2H3,(H,29,32)(H,30,31)/b22-15+. The summed E-state index contributed by atoms with van der Waals surface area (Å²) in [5.41, 5.74) is 2.15. The maximum atomic E-state index is 12.6. The first kappa shape index (κ1) is 24.1. The van der Waals surface area contributed by atoms with Crippen molar-refractivity contribution in [2.45, 2.75) is 13.0 Å². The van der Waals surface area contributed by atoms with Gasteiger partial charge in [-0.3, -0.25) is 9.59 Å². The van der Waals surface area contributed by atoms with Crippen LogP contribution in [-0.2, 0) is 9.59 Å². The number of para-hydroxylation sites is 1. The van der Waals surface area contributed by atoms with Gasteiger partial charge in [0.25, 0.3) is 11.8 Å². The Balaban J connectivity index is 1.66. The second kappa shape index (κ2) is 11.9. The molecule has 7 nitrogen and oxygen atoms in total. The Morgan fingerprint density at radius 3 is 2.32 bits per heavy atom. The number of carbonyl (C=O) groups excluding carboxylic acids is 2. The van der Waals surface area contributed by atoms with E-state index in [1.165, 1.54) is 13.2 Å². The van der Waals surface area contributed by atoms with Crippen LogP contribution in [0.4, 0.5) is 5.69 Å². The average molecular weight is 456 g/mol. The molecule has 0 saturated heterocycles. The number of hydrogen-bond donors (Lipinski definition) is 2. The summed E-state index contributed by atoms with van der Waals surface area (Å²) in [6, 6.07) is 25.2. The molecule has 0 aliphatic heterocycles. The summed E-state index contributed by atoms with van der Waals surface area (Å²) >= 11 is 0. The number of hydrogen-bond acceptors (Lipinski definition) is 5. The minimum Gasteiger partial charge on any atom is -0.493 e. The van der Waals surface area contributed by atoms with Crippen molar-refractivity contribution in [2.24, 2.45) is 0 Å². The molecule has 0 bridgehead atoms. The highest BCUT2D eigenvalue weighted by Crippen LogP contribution is 2.29. The number of nitrogens with zero attached hydrogens (tertiary/aromatic N) is 1. The smallest absolute Gasteiger partial charge is 0.262 e. The van der Waals surface area contributed by atoms with E-state index in [-0.39, 0.29) is 24.1 Å². The Kier molecular flexibility index (Phi) is 8.42. The van der Waals surface area contributed by atoms with Crippen molar-refractivity contribution < 1.29 is 19.1 Å². The van der Waals surface area contributed by atoms with Crippen molar-refractivity contribution in [1.82, 2.24) is 5.32 Å². The molecule has 0 aromatic heterocycles. The lowest BCUT2D eigenvalue weighted by atomic mass is 10.1. The van der Waals surface area contributed by atoms with Gasteiger partial charge in [-0.1, -0.05) is 54.6 Å². The summed E-state index contributed by atoms with van der Waals surface area (Å²) in [5.74, 6) is -0.0518. The zero-order valence-electron chi connectivity index (χ0n) is 18.9. The van der Waals surface area contributed by atoms with Gasteiger partial charge < -0.3 is 20.1 Å². The number of rotatable bonds is 9. The Labute approximate surface area is 198 Å². The molecule has 2 amide bonds. The molecule has 34 heavy (non-hydrogen) atoms. The Morgan fingerprint density at radius 2 is 1.68 bits per heavy atom. The molecule has 172 valence electrons. The minimum atomic E-state index is -0.476. The minimum absolute atomic E-state index is 0.0410. The van der Waals surface area contributed by atoms with E-state index in [1.54, 1.807) is 30.3 Å². The van der Waals surface area contributed by atoms with Crippen molar-refractivity contribution in [1.29, 1.82) is 5.26 Å². The highest BCUT2D eigenvalue weighted by atomic mass is 16.5. The number of amides is 2. The van der Waals surface area contributed by atoms with Crippen LogP contribution in [0.15, 0.2) is 84.4 Å². The van der Waals surface area contributed by atoms with Crippen LogP contribution < -0.4 is 20.1 Å². The number of carbonyl (C=O) groups is 2. The molecule has 2 N–H and O–H groups in total. The van der Waals surface area contributed by atoms with Crippen LogP contribution in [0, 0.1) is 11.3 Å². The number of benzene rings is 3. The van der Waals surface area contributed by atoms with Gasteiger partial charge in [-0.2, -0.15) is 5.26 Å². The monoisotopic (exact) mass is 455 g/mol. The topological polar surface area (TPSA) is 100 Å². The molecule has 0 aliphatic rings. The van der Waals surface area contributed by atoms with Gasteiger partial charge in [0.1, 0.15) is 11.6 Å². The molecule has 0 saturated carbocycles. The van der Waals surface area contributed by atoms with Crippen molar-refractivity contribution >= 4 is 23.6 Å². The highest BCUT2D eigenvalue weighted by molar-refractivity contribution is 6.02. The quantitative estimate of drug-likeness (QED) is 0.366. The maximum Gasteiger partial charge on any atom is 0.262 e. The van der Waals surface area contributed by atoms with Crippen LogP contribution in [0.2, 0.25) is 0 Å². The number of anilines is 1. The largest absolute Gasteiger partial charge is 0.493 e. The molecule has 1 unspecified atom stereocenters. The first-order valence-electron chi connectivity index (χ1n) is 10.6. The van der Waals surface area contributed by atoms with Crippen LogP contribution in [0.3, 0.4) is 0 Å². The van der Waals surface area contributed by atoms with Gasteiger partial charge in [0, 0.05) is 5.69 Å². The Hall–Kier alpha value is -4.57. The molecule has 0 aliphatic carbocycles. The van der Waals surface area contributed by atoms with E-state index in [1.807, 2.05) is 61.5 Å². The molecular formula is C27H25N3O4. The summed E-state index contributed by atoms with van der Waals surface area (Å²) in [6.45, 7) is 1.65. The second-order valence-corrected chi connectivity index (χ2v) is 7.39. The summed E-state index contributed by atoms with van der Waals surface area (Å²) in [6.07, 6.45) is 1.47. The van der Waals surface area contributed by atoms with Crippen LogP contribution in [-0.4, -0.2) is 25.5 Å². The SMILES string of the molecule is COc1cc(/C=C(\C#N)C(=O)NC(C)c2ccccc2)ccc1OCC(=O)Nc1ccccc1. The molecule has 3 aromatic carbocycles. The molecule has 7 heteroatoms. The zero-order valence-corrected chi connectivity index (χ0v) is 18.9. The number of ether oxygens (including phenoxy) is 2. The summed E-state index contributed by atoms with van der Waals surface area (Å²) in [7, 11) is 1.47. The van der Waals surface area contributed by atoms with Gasteiger partial charge in [-0.15, -0.1) is 0 Å². The van der Waals surface area contributed by atoms with Crippen molar-refractivity contribution in [3.05, 3.63) is 95.6 Å². The van der Waals surface area contributed by atoms with Gasteiger partial charge in [0.15, 0.2) is 18.1 Å². The second-order valence-electron chi connectivity index (χ2n) is 7.39. The molecule has 0 spiro atoms. The van der Waals surface area contributed by atoms with Gasteiger partial charge in [0.05, 0.1) is 13.2 Å².